The van der Waals surface area contributed by atoms with Crippen molar-refractivity contribution in [3.63, 3.8) is 0 Å². The summed E-state index contributed by atoms with van der Waals surface area (Å²) in [5, 5.41) is 6.24. The standard InChI is InChI=1S/C11H20N4O/c1-12-10-8-11(15-9-14-10)13-6-4-3-5-7-16-2/h8-9H,3-7H2,1-2H3,(H2,12,13,14,15). The highest BCUT2D eigenvalue weighted by molar-refractivity contribution is 5.45. The van der Waals surface area contributed by atoms with Crippen molar-refractivity contribution in [1.82, 2.24) is 9.97 Å². The number of hydrogen-bond donors (Lipinski definition) is 2. The number of ether oxygens (including phenoxy) is 1. The molecule has 0 amide bonds. The molecule has 0 spiro atoms. The van der Waals surface area contributed by atoms with E-state index in [2.05, 4.69) is 20.6 Å². The van der Waals surface area contributed by atoms with Gasteiger partial charge in [0.05, 0.1) is 0 Å². The molecule has 1 heterocycles. The van der Waals surface area contributed by atoms with Gasteiger partial charge in [0.25, 0.3) is 0 Å². The maximum Gasteiger partial charge on any atom is 0.131 e. The summed E-state index contributed by atoms with van der Waals surface area (Å²) in [4.78, 5) is 8.18. The van der Waals surface area contributed by atoms with E-state index in [0.29, 0.717) is 0 Å². The number of methoxy groups -OCH3 is 1. The molecule has 0 unspecified atom stereocenters. The Kier molecular flexibility index (Phi) is 6.25. The number of rotatable bonds is 8. The van der Waals surface area contributed by atoms with Crippen LogP contribution in [0.25, 0.3) is 0 Å². The Labute approximate surface area is 96.6 Å². The van der Waals surface area contributed by atoms with E-state index in [4.69, 9.17) is 4.74 Å². The molecule has 0 atom stereocenters. The lowest BCUT2D eigenvalue weighted by molar-refractivity contribution is 0.192. The number of hydrogen-bond acceptors (Lipinski definition) is 5. The van der Waals surface area contributed by atoms with E-state index >= 15 is 0 Å². The van der Waals surface area contributed by atoms with E-state index in [0.717, 1.165) is 37.6 Å². The van der Waals surface area contributed by atoms with Gasteiger partial charge in [-0.05, 0) is 19.3 Å². The summed E-state index contributed by atoms with van der Waals surface area (Å²) in [6.07, 6.45) is 4.97. The van der Waals surface area contributed by atoms with Crippen LogP contribution in [0.2, 0.25) is 0 Å². The summed E-state index contributed by atoms with van der Waals surface area (Å²) >= 11 is 0. The second kappa shape index (κ2) is 7.87. The lowest BCUT2D eigenvalue weighted by atomic mass is 10.2. The second-order valence-corrected chi connectivity index (χ2v) is 3.52. The van der Waals surface area contributed by atoms with Gasteiger partial charge in [-0.25, -0.2) is 9.97 Å². The van der Waals surface area contributed by atoms with Crippen molar-refractivity contribution in [3.8, 4) is 0 Å². The molecule has 0 saturated carbocycles. The summed E-state index contributed by atoms with van der Waals surface area (Å²) in [6, 6.07) is 1.90. The van der Waals surface area contributed by atoms with Gasteiger partial charge in [-0.2, -0.15) is 0 Å². The SMILES string of the molecule is CNc1cc(NCCCCCOC)ncn1. The average Bonchev–Trinajstić information content (AvgIpc) is 2.34. The minimum absolute atomic E-state index is 0.830. The van der Waals surface area contributed by atoms with Crippen LogP contribution in [0.5, 0.6) is 0 Å². The number of aromatic nitrogens is 2. The average molecular weight is 224 g/mol. The van der Waals surface area contributed by atoms with Gasteiger partial charge in [-0.15, -0.1) is 0 Å². The number of anilines is 2. The highest BCUT2D eigenvalue weighted by Gasteiger charge is 1.95. The van der Waals surface area contributed by atoms with Gasteiger partial charge < -0.3 is 15.4 Å². The molecule has 1 rings (SSSR count). The third kappa shape index (κ3) is 4.93. The molecule has 1 aromatic rings. The van der Waals surface area contributed by atoms with Crippen molar-refractivity contribution in [2.45, 2.75) is 19.3 Å². The third-order valence-electron chi connectivity index (χ3n) is 2.25. The van der Waals surface area contributed by atoms with Crippen LogP contribution in [-0.2, 0) is 4.74 Å². The molecular weight excluding hydrogens is 204 g/mol. The minimum atomic E-state index is 0.830. The summed E-state index contributed by atoms with van der Waals surface area (Å²) in [5.41, 5.74) is 0. The quantitative estimate of drug-likeness (QED) is 0.659. The van der Waals surface area contributed by atoms with Crippen molar-refractivity contribution in [2.75, 3.05) is 37.9 Å². The Balaban J connectivity index is 2.16. The second-order valence-electron chi connectivity index (χ2n) is 3.52. The van der Waals surface area contributed by atoms with E-state index < -0.39 is 0 Å². The van der Waals surface area contributed by atoms with Crippen LogP contribution in [0.3, 0.4) is 0 Å². The molecule has 0 aromatic carbocycles. The largest absolute Gasteiger partial charge is 0.385 e. The van der Waals surface area contributed by atoms with Crippen LogP contribution in [0, 0.1) is 0 Å². The van der Waals surface area contributed by atoms with Crippen LogP contribution in [0.15, 0.2) is 12.4 Å². The fraction of sp³-hybridized carbons (Fsp3) is 0.636. The molecule has 90 valence electrons. The first-order valence-corrected chi connectivity index (χ1v) is 5.59. The Morgan fingerprint density at radius 2 is 2.00 bits per heavy atom. The Morgan fingerprint density at radius 3 is 2.75 bits per heavy atom. The minimum Gasteiger partial charge on any atom is -0.385 e. The molecule has 0 fully saturated rings. The summed E-state index contributed by atoms with van der Waals surface area (Å²) in [7, 11) is 3.58. The zero-order valence-electron chi connectivity index (χ0n) is 9.99. The first-order valence-electron chi connectivity index (χ1n) is 5.59. The number of nitrogens with one attached hydrogen (secondary N) is 2. The maximum atomic E-state index is 4.99. The molecule has 0 aliphatic rings. The molecule has 0 aliphatic heterocycles. The van der Waals surface area contributed by atoms with Crippen LogP contribution in [-0.4, -0.2) is 37.3 Å². The zero-order valence-corrected chi connectivity index (χ0v) is 9.99. The summed E-state index contributed by atoms with van der Waals surface area (Å²) < 4.78 is 4.99. The first-order chi connectivity index (χ1) is 7.86. The van der Waals surface area contributed by atoms with E-state index in [1.165, 1.54) is 6.42 Å². The number of unbranched alkanes of at least 4 members (excludes halogenated alkanes) is 2. The molecule has 5 nitrogen and oxygen atoms in total. The zero-order chi connectivity index (χ0) is 11.6. The van der Waals surface area contributed by atoms with Crippen LogP contribution < -0.4 is 10.6 Å². The van der Waals surface area contributed by atoms with Crippen molar-refractivity contribution in [3.05, 3.63) is 12.4 Å². The summed E-state index contributed by atoms with van der Waals surface area (Å²) in [6.45, 7) is 1.78. The van der Waals surface area contributed by atoms with Gasteiger partial charge in [0.15, 0.2) is 0 Å². The van der Waals surface area contributed by atoms with E-state index in [1.807, 2.05) is 13.1 Å². The predicted molar refractivity (Wildman–Crippen MR) is 65.8 cm³/mol. The van der Waals surface area contributed by atoms with Crippen molar-refractivity contribution < 1.29 is 4.74 Å². The van der Waals surface area contributed by atoms with Gasteiger partial charge in [0, 0.05) is 33.4 Å². The van der Waals surface area contributed by atoms with Gasteiger partial charge in [-0.1, -0.05) is 0 Å². The fourth-order valence-electron chi connectivity index (χ4n) is 1.36. The Hall–Kier alpha value is -1.36. The van der Waals surface area contributed by atoms with Crippen LogP contribution in [0.4, 0.5) is 11.6 Å². The van der Waals surface area contributed by atoms with E-state index in [1.54, 1.807) is 13.4 Å². The number of nitrogens with zero attached hydrogens (tertiary/aromatic N) is 2. The molecule has 16 heavy (non-hydrogen) atoms. The van der Waals surface area contributed by atoms with Gasteiger partial charge in [0.2, 0.25) is 0 Å². The molecule has 0 radical (unpaired) electrons. The van der Waals surface area contributed by atoms with Gasteiger partial charge in [0.1, 0.15) is 18.0 Å². The maximum absolute atomic E-state index is 4.99. The van der Waals surface area contributed by atoms with E-state index in [9.17, 15) is 0 Å². The predicted octanol–water partition coefficient (Wildman–Crippen LogP) is 1.75. The summed E-state index contributed by atoms with van der Waals surface area (Å²) in [5.74, 6) is 1.70. The van der Waals surface area contributed by atoms with Gasteiger partial charge in [-0.3, -0.25) is 0 Å². The van der Waals surface area contributed by atoms with Gasteiger partial charge >= 0.3 is 0 Å². The molecule has 0 bridgehead atoms. The molecule has 2 N–H and O–H groups in total. The van der Waals surface area contributed by atoms with Crippen molar-refractivity contribution >= 4 is 11.6 Å². The monoisotopic (exact) mass is 224 g/mol. The highest BCUT2D eigenvalue weighted by Crippen LogP contribution is 2.07. The smallest absolute Gasteiger partial charge is 0.131 e. The first kappa shape index (κ1) is 12.7. The Morgan fingerprint density at radius 1 is 1.19 bits per heavy atom. The van der Waals surface area contributed by atoms with Crippen LogP contribution >= 0.6 is 0 Å². The molecule has 1 aromatic heterocycles. The fourth-order valence-corrected chi connectivity index (χ4v) is 1.36. The third-order valence-corrected chi connectivity index (χ3v) is 2.25. The van der Waals surface area contributed by atoms with E-state index in [-0.39, 0.29) is 0 Å². The van der Waals surface area contributed by atoms with Crippen molar-refractivity contribution in [2.24, 2.45) is 0 Å². The highest BCUT2D eigenvalue weighted by atomic mass is 16.5. The topological polar surface area (TPSA) is 59.1 Å². The lowest BCUT2D eigenvalue weighted by Crippen LogP contribution is -2.05. The molecule has 5 heteroatoms. The van der Waals surface area contributed by atoms with Crippen LogP contribution in [0.1, 0.15) is 19.3 Å². The molecule has 0 saturated heterocycles. The Bertz CT molecular complexity index is 293. The normalized spacial score (nSPS) is 10.1. The molecule has 0 aliphatic carbocycles. The lowest BCUT2D eigenvalue weighted by Gasteiger charge is -2.06. The molecular formula is C11H20N4O. The van der Waals surface area contributed by atoms with Crippen molar-refractivity contribution in [1.29, 1.82) is 0 Å².